The van der Waals surface area contributed by atoms with Crippen LogP contribution in [-0.2, 0) is 13.6 Å². The van der Waals surface area contributed by atoms with Gasteiger partial charge in [0.05, 0.1) is 17.6 Å². The van der Waals surface area contributed by atoms with E-state index in [4.69, 9.17) is 0 Å². The molecule has 0 amide bonds. The lowest BCUT2D eigenvalue weighted by molar-refractivity contribution is 0.706. The van der Waals surface area contributed by atoms with Gasteiger partial charge in [-0.25, -0.2) is 14.8 Å². The van der Waals surface area contributed by atoms with Crippen molar-refractivity contribution >= 4 is 11.0 Å². The minimum absolute atomic E-state index is 0.123. The molecule has 2 aromatic heterocycles. The molecule has 2 heterocycles. The number of hydrogen-bond acceptors (Lipinski definition) is 4. The highest BCUT2D eigenvalue weighted by Gasteiger charge is 2.06. The Bertz CT molecular complexity index is 1050. The van der Waals surface area contributed by atoms with Crippen LogP contribution in [0.4, 0.5) is 0 Å². The molecule has 6 heteroatoms. The lowest BCUT2D eigenvalue weighted by atomic mass is 10.1. The van der Waals surface area contributed by atoms with Crippen LogP contribution in [0.15, 0.2) is 71.8 Å². The van der Waals surface area contributed by atoms with Crippen molar-refractivity contribution in [2.24, 2.45) is 7.05 Å². The lowest BCUT2D eigenvalue weighted by Crippen LogP contribution is -2.17. The molecule has 27 heavy (non-hydrogen) atoms. The summed E-state index contributed by atoms with van der Waals surface area (Å²) < 4.78 is 1.59. The fourth-order valence-electron chi connectivity index (χ4n) is 2.86. The number of hydrogen-bond donors (Lipinski definition) is 2. The largest absolute Gasteiger partial charge is 0.326 e. The van der Waals surface area contributed by atoms with Crippen molar-refractivity contribution in [3.05, 3.63) is 83.4 Å². The Morgan fingerprint density at radius 3 is 2.78 bits per heavy atom. The van der Waals surface area contributed by atoms with Gasteiger partial charge in [0.2, 0.25) is 0 Å². The third kappa shape index (κ3) is 4.30. The van der Waals surface area contributed by atoms with Gasteiger partial charge >= 0.3 is 5.69 Å². The van der Waals surface area contributed by atoms with Gasteiger partial charge < -0.3 is 10.3 Å². The van der Waals surface area contributed by atoms with Crippen LogP contribution < -0.4 is 11.0 Å². The maximum absolute atomic E-state index is 11.7. The molecule has 0 aliphatic rings. The standard InChI is InChI=1S/C21H23N5O/c1-4-6-15(7-5-2)11-22-14-20-23-12-17(13-24-20)16-8-9-18-19(10-16)26(3)21(27)25-18/h4-10,12-13,22H,1,11,14H2,2-3H3,(H,25,27)/b7-5-,15-6+. The number of rotatable bonds is 7. The van der Waals surface area contributed by atoms with Crippen LogP contribution in [0.2, 0.25) is 0 Å². The molecule has 3 rings (SSSR count). The zero-order valence-electron chi connectivity index (χ0n) is 15.6. The minimum atomic E-state index is -0.123. The van der Waals surface area contributed by atoms with Crippen LogP contribution in [0.3, 0.4) is 0 Å². The molecule has 0 unspecified atom stereocenters. The molecular weight excluding hydrogens is 338 g/mol. The van der Waals surface area contributed by atoms with E-state index in [0.29, 0.717) is 6.54 Å². The van der Waals surface area contributed by atoms with Crippen LogP contribution in [-0.4, -0.2) is 26.1 Å². The Morgan fingerprint density at radius 1 is 1.30 bits per heavy atom. The number of aromatic nitrogens is 4. The smallest absolute Gasteiger partial charge is 0.306 e. The fraction of sp³-hybridized carbons (Fsp3) is 0.190. The molecule has 1 aromatic carbocycles. The van der Waals surface area contributed by atoms with E-state index in [9.17, 15) is 4.79 Å². The molecular formula is C21H23N5O. The summed E-state index contributed by atoms with van der Waals surface area (Å²) >= 11 is 0. The van der Waals surface area contributed by atoms with Crippen LogP contribution >= 0.6 is 0 Å². The average Bonchev–Trinajstić information content (AvgIpc) is 2.96. The van der Waals surface area contributed by atoms with Crippen molar-refractivity contribution < 1.29 is 0 Å². The van der Waals surface area contributed by atoms with Gasteiger partial charge in [-0.15, -0.1) is 0 Å². The molecule has 0 atom stereocenters. The molecule has 0 saturated carbocycles. The van der Waals surface area contributed by atoms with Crippen molar-refractivity contribution in [3.63, 3.8) is 0 Å². The third-order valence-electron chi connectivity index (χ3n) is 4.27. The first-order chi connectivity index (χ1) is 13.1. The zero-order chi connectivity index (χ0) is 19.2. The van der Waals surface area contributed by atoms with Gasteiger partial charge in [0.1, 0.15) is 5.82 Å². The highest BCUT2D eigenvalue weighted by atomic mass is 16.1. The van der Waals surface area contributed by atoms with Crippen molar-refractivity contribution in [1.29, 1.82) is 0 Å². The predicted molar refractivity (Wildman–Crippen MR) is 109 cm³/mol. The van der Waals surface area contributed by atoms with Crippen LogP contribution in [0.5, 0.6) is 0 Å². The molecule has 0 spiro atoms. The van der Waals surface area contributed by atoms with Gasteiger partial charge in [-0.2, -0.15) is 0 Å². The van der Waals surface area contributed by atoms with Gasteiger partial charge in [0.25, 0.3) is 0 Å². The maximum atomic E-state index is 11.7. The van der Waals surface area contributed by atoms with Crippen molar-refractivity contribution in [3.8, 4) is 11.1 Å². The predicted octanol–water partition coefficient (Wildman–Crippen LogP) is 3.10. The molecule has 0 saturated heterocycles. The topological polar surface area (TPSA) is 75.6 Å². The summed E-state index contributed by atoms with van der Waals surface area (Å²) in [5.74, 6) is 0.729. The molecule has 0 aliphatic heterocycles. The van der Waals surface area contributed by atoms with Gasteiger partial charge in [-0.1, -0.05) is 36.9 Å². The number of aryl methyl sites for hydroxylation is 1. The number of H-pyrrole nitrogens is 1. The van der Waals surface area contributed by atoms with E-state index >= 15 is 0 Å². The fourth-order valence-corrected chi connectivity index (χ4v) is 2.86. The molecule has 138 valence electrons. The third-order valence-corrected chi connectivity index (χ3v) is 4.27. The van der Waals surface area contributed by atoms with Crippen molar-refractivity contribution in [2.45, 2.75) is 13.5 Å². The van der Waals surface area contributed by atoms with E-state index in [1.54, 1.807) is 17.7 Å². The summed E-state index contributed by atoms with van der Waals surface area (Å²) in [6, 6.07) is 5.82. The highest BCUT2D eigenvalue weighted by Crippen LogP contribution is 2.21. The Hall–Kier alpha value is -3.25. The Balaban J connectivity index is 1.70. The SMILES string of the molecule is C=C/C=C(\C=C/C)CNCc1ncc(-c2ccc3[nH]c(=O)n(C)c3c2)cn1. The van der Waals surface area contributed by atoms with Crippen LogP contribution in [0, 0.1) is 0 Å². The van der Waals surface area contributed by atoms with Crippen LogP contribution in [0.1, 0.15) is 12.7 Å². The number of fused-ring (bicyclic) bond motifs is 1. The van der Waals surface area contributed by atoms with Gasteiger partial charge in [0.15, 0.2) is 0 Å². The molecule has 6 nitrogen and oxygen atoms in total. The zero-order valence-corrected chi connectivity index (χ0v) is 15.6. The van der Waals surface area contributed by atoms with Gasteiger partial charge in [0, 0.05) is 31.5 Å². The molecule has 3 aromatic rings. The number of aromatic amines is 1. The quantitative estimate of drug-likeness (QED) is 0.634. The number of nitrogens with one attached hydrogen (secondary N) is 2. The van der Waals surface area contributed by atoms with Crippen molar-refractivity contribution in [2.75, 3.05) is 6.54 Å². The normalized spacial score (nSPS) is 12.1. The first kappa shape index (κ1) is 18.5. The second-order valence-electron chi connectivity index (χ2n) is 6.19. The summed E-state index contributed by atoms with van der Waals surface area (Å²) in [5.41, 5.74) is 4.58. The molecule has 0 aliphatic carbocycles. The Kier molecular flexibility index (Phi) is 5.78. The summed E-state index contributed by atoms with van der Waals surface area (Å²) in [7, 11) is 1.75. The maximum Gasteiger partial charge on any atom is 0.326 e. The van der Waals surface area contributed by atoms with Crippen LogP contribution in [0.25, 0.3) is 22.2 Å². The molecule has 0 bridgehead atoms. The monoisotopic (exact) mass is 361 g/mol. The number of nitrogens with zero attached hydrogens (tertiary/aromatic N) is 3. The first-order valence-corrected chi connectivity index (χ1v) is 8.77. The highest BCUT2D eigenvalue weighted by molar-refractivity contribution is 5.81. The Labute approximate surface area is 158 Å². The van der Waals surface area contributed by atoms with E-state index in [1.807, 2.05) is 55.7 Å². The minimum Gasteiger partial charge on any atom is -0.306 e. The summed E-state index contributed by atoms with van der Waals surface area (Å²) in [6.07, 6.45) is 11.4. The number of allylic oxidation sites excluding steroid dienone is 3. The second-order valence-corrected chi connectivity index (χ2v) is 6.19. The molecule has 2 N–H and O–H groups in total. The van der Waals surface area contributed by atoms with E-state index < -0.39 is 0 Å². The summed E-state index contributed by atoms with van der Waals surface area (Å²) in [4.78, 5) is 23.4. The van der Waals surface area contributed by atoms with Crippen molar-refractivity contribution in [1.82, 2.24) is 24.8 Å². The van der Waals surface area contributed by atoms with E-state index in [-0.39, 0.29) is 5.69 Å². The lowest BCUT2D eigenvalue weighted by Gasteiger charge is -2.06. The summed E-state index contributed by atoms with van der Waals surface area (Å²) in [6.45, 7) is 7.02. The number of imidazole rings is 1. The second kappa shape index (κ2) is 8.42. The van der Waals surface area contributed by atoms with E-state index in [2.05, 4.69) is 26.8 Å². The summed E-state index contributed by atoms with van der Waals surface area (Å²) in [5, 5.41) is 3.33. The van der Waals surface area contributed by atoms with Gasteiger partial charge in [-0.3, -0.25) is 4.57 Å². The first-order valence-electron chi connectivity index (χ1n) is 8.77. The molecule has 0 radical (unpaired) electrons. The Morgan fingerprint density at radius 2 is 2.07 bits per heavy atom. The average molecular weight is 361 g/mol. The van der Waals surface area contributed by atoms with Gasteiger partial charge in [-0.05, 0) is 30.2 Å². The number of benzene rings is 1. The van der Waals surface area contributed by atoms with E-state index in [0.717, 1.165) is 40.1 Å². The molecule has 0 fully saturated rings. The van der Waals surface area contributed by atoms with E-state index in [1.165, 1.54) is 0 Å².